The van der Waals surface area contributed by atoms with E-state index in [1.54, 1.807) is 19.2 Å². The average Bonchev–Trinajstić information content (AvgIpc) is 3.03. The molecule has 1 atom stereocenters. The van der Waals surface area contributed by atoms with Crippen LogP contribution in [-0.2, 0) is 15.1 Å². The van der Waals surface area contributed by atoms with Gasteiger partial charge in [0.2, 0.25) is 5.91 Å². The van der Waals surface area contributed by atoms with Crippen LogP contribution in [0.3, 0.4) is 0 Å². The Morgan fingerprint density at radius 2 is 1.72 bits per heavy atom. The number of carbonyl (C=O) groups excluding carboxylic acids is 3. The van der Waals surface area contributed by atoms with Crippen molar-refractivity contribution in [2.24, 2.45) is 0 Å². The Balaban J connectivity index is 1.38. The van der Waals surface area contributed by atoms with Crippen LogP contribution in [-0.4, -0.2) is 34.3 Å². The van der Waals surface area contributed by atoms with Crippen molar-refractivity contribution in [3.05, 3.63) is 84.6 Å². The molecule has 0 saturated carbocycles. The number of hydrogen-bond donors (Lipinski definition) is 2. The summed E-state index contributed by atoms with van der Waals surface area (Å²) in [6.45, 7) is 1.26. The minimum Gasteiger partial charge on any atom is -0.323 e. The number of imide groups is 1. The third kappa shape index (κ3) is 3.24. The van der Waals surface area contributed by atoms with Gasteiger partial charge < -0.3 is 10.6 Å². The summed E-state index contributed by atoms with van der Waals surface area (Å²) in [5.41, 5.74) is 0.581. The van der Waals surface area contributed by atoms with Gasteiger partial charge in [-0.25, -0.2) is 4.79 Å². The molecule has 4 aromatic rings. The van der Waals surface area contributed by atoms with E-state index < -0.39 is 29.9 Å². The normalized spacial score (nSPS) is 18.2. The van der Waals surface area contributed by atoms with Crippen LogP contribution in [0, 0.1) is 0 Å². The summed E-state index contributed by atoms with van der Waals surface area (Å²) in [4.78, 5) is 43.8. The number of anilines is 1. The van der Waals surface area contributed by atoms with Crippen LogP contribution in [0.1, 0.15) is 12.5 Å². The van der Waals surface area contributed by atoms with Crippen molar-refractivity contribution in [3.8, 4) is 0 Å². The molecule has 1 fully saturated rings. The minimum absolute atomic E-state index is 0.392. The second kappa shape index (κ2) is 7.46. The summed E-state index contributed by atoms with van der Waals surface area (Å²) in [7, 11) is 0. The second-order valence-corrected chi connectivity index (χ2v) is 7.94. The van der Waals surface area contributed by atoms with Crippen molar-refractivity contribution >= 4 is 45.2 Å². The molecule has 3 aromatic carbocycles. The SMILES string of the molecule is CC1(c2ccc3ccccc3c2)NC(=O)N(CC(=O)Nc2cccc3cccnc23)C1=O. The molecule has 1 saturated heterocycles. The molecular formula is C25H20N4O3. The summed E-state index contributed by atoms with van der Waals surface area (Å²) >= 11 is 0. The van der Waals surface area contributed by atoms with Crippen LogP contribution < -0.4 is 10.6 Å². The Morgan fingerprint density at radius 1 is 0.969 bits per heavy atom. The minimum atomic E-state index is -1.25. The summed E-state index contributed by atoms with van der Waals surface area (Å²) in [6, 6.07) is 22.0. The predicted molar refractivity (Wildman–Crippen MR) is 122 cm³/mol. The maximum atomic E-state index is 13.2. The van der Waals surface area contributed by atoms with Gasteiger partial charge in [-0.1, -0.05) is 54.6 Å². The number of hydrogen-bond acceptors (Lipinski definition) is 4. The molecule has 32 heavy (non-hydrogen) atoms. The van der Waals surface area contributed by atoms with Crippen LogP contribution in [0.15, 0.2) is 79.0 Å². The molecule has 1 aromatic heterocycles. The van der Waals surface area contributed by atoms with Gasteiger partial charge in [-0.15, -0.1) is 0 Å². The summed E-state index contributed by atoms with van der Waals surface area (Å²) in [5.74, 6) is -0.946. The highest BCUT2D eigenvalue weighted by atomic mass is 16.2. The standard InChI is InChI=1S/C25H20N4O3/c1-25(19-12-11-16-6-2-3-7-18(16)14-19)23(31)29(24(32)28-25)15-21(30)27-20-10-4-8-17-9-5-13-26-22(17)20/h2-14H,15H2,1H3,(H,27,30)(H,28,32). The van der Waals surface area contributed by atoms with E-state index in [9.17, 15) is 14.4 Å². The fraction of sp³-hybridized carbons (Fsp3) is 0.120. The number of rotatable bonds is 4. The van der Waals surface area contributed by atoms with E-state index in [2.05, 4.69) is 15.6 Å². The van der Waals surface area contributed by atoms with Crippen molar-refractivity contribution in [3.63, 3.8) is 0 Å². The van der Waals surface area contributed by atoms with Crippen LogP contribution >= 0.6 is 0 Å². The van der Waals surface area contributed by atoms with Crippen LogP contribution in [0.4, 0.5) is 10.5 Å². The summed E-state index contributed by atoms with van der Waals surface area (Å²) < 4.78 is 0. The fourth-order valence-corrected chi connectivity index (χ4v) is 4.07. The summed E-state index contributed by atoms with van der Waals surface area (Å²) in [5, 5.41) is 8.41. The van der Waals surface area contributed by atoms with Crippen molar-refractivity contribution in [1.29, 1.82) is 0 Å². The lowest BCUT2D eigenvalue weighted by molar-refractivity contribution is -0.133. The number of carbonyl (C=O) groups is 3. The zero-order chi connectivity index (χ0) is 22.3. The van der Waals surface area contributed by atoms with Crippen molar-refractivity contribution in [2.45, 2.75) is 12.5 Å². The van der Waals surface area contributed by atoms with E-state index in [1.165, 1.54) is 0 Å². The fourth-order valence-electron chi connectivity index (χ4n) is 4.07. The molecule has 1 unspecified atom stereocenters. The molecule has 158 valence electrons. The zero-order valence-corrected chi connectivity index (χ0v) is 17.3. The molecule has 7 heteroatoms. The summed E-state index contributed by atoms with van der Waals surface area (Å²) in [6.07, 6.45) is 1.64. The number of aromatic nitrogens is 1. The van der Waals surface area contributed by atoms with Crippen molar-refractivity contribution < 1.29 is 14.4 Å². The van der Waals surface area contributed by atoms with E-state index >= 15 is 0 Å². The number of para-hydroxylation sites is 1. The average molecular weight is 424 g/mol. The van der Waals surface area contributed by atoms with Crippen molar-refractivity contribution in [2.75, 3.05) is 11.9 Å². The van der Waals surface area contributed by atoms with E-state index in [-0.39, 0.29) is 0 Å². The van der Waals surface area contributed by atoms with Gasteiger partial charge in [0, 0.05) is 11.6 Å². The molecule has 0 aliphatic carbocycles. The lowest BCUT2D eigenvalue weighted by Gasteiger charge is -2.22. The number of nitrogens with zero attached hydrogens (tertiary/aromatic N) is 2. The van der Waals surface area contributed by atoms with Gasteiger partial charge in [-0.05, 0) is 41.5 Å². The number of fused-ring (bicyclic) bond motifs is 2. The zero-order valence-electron chi connectivity index (χ0n) is 17.3. The van der Waals surface area contributed by atoms with Gasteiger partial charge in [0.15, 0.2) is 0 Å². The molecule has 2 N–H and O–H groups in total. The van der Waals surface area contributed by atoms with Gasteiger partial charge in [0.25, 0.3) is 5.91 Å². The molecule has 0 radical (unpaired) electrons. The molecule has 4 amide bonds. The highest BCUT2D eigenvalue weighted by molar-refractivity contribution is 6.11. The Morgan fingerprint density at radius 3 is 2.56 bits per heavy atom. The number of amides is 4. The smallest absolute Gasteiger partial charge is 0.323 e. The van der Waals surface area contributed by atoms with E-state index in [0.717, 1.165) is 21.1 Å². The molecule has 0 bridgehead atoms. The molecule has 7 nitrogen and oxygen atoms in total. The predicted octanol–water partition coefficient (Wildman–Crippen LogP) is 3.79. The first kappa shape index (κ1) is 19.7. The molecule has 1 aliphatic rings. The number of pyridine rings is 1. The maximum Gasteiger partial charge on any atom is 0.325 e. The number of benzene rings is 3. The number of nitrogens with one attached hydrogen (secondary N) is 2. The van der Waals surface area contributed by atoms with Crippen LogP contribution in [0.5, 0.6) is 0 Å². The molecular weight excluding hydrogens is 404 g/mol. The van der Waals surface area contributed by atoms with Crippen LogP contribution in [0.25, 0.3) is 21.7 Å². The topological polar surface area (TPSA) is 91.4 Å². The quantitative estimate of drug-likeness (QED) is 0.488. The first-order valence-electron chi connectivity index (χ1n) is 10.2. The Hall–Kier alpha value is -4.26. The lowest BCUT2D eigenvalue weighted by Crippen LogP contribution is -2.42. The molecule has 2 heterocycles. The first-order chi connectivity index (χ1) is 15.5. The van der Waals surface area contributed by atoms with Gasteiger partial charge in [-0.3, -0.25) is 19.5 Å². The third-order valence-corrected chi connectivity index (χ3v) is 5.81. The first-order valence-corrected chi connectivity index (χ1v) is 10.2. The highest BCUT2D eigenvalue weighted by Gasteiger charge is 2.49. The highest BCUT2D eigenvalue weighted by Crippen LogP contribution is 2.31. The van der Waals surface area contributed by atoms with Gasteiger partial charge >= 0.3 is 6.03 Å². The Kier molecular flexibility index (Phi) is 4.59. The van der Waals surface area contributed by atoms with E-state index in [0.29, 0.717) is 16.8 Å². The van der Waals surface area contributed by atoms with E-state index in [1.807, 2.05) is 66.7 Å². The Bertz CT molecular complexity index is 1400. The van der Waals surface area contributed by atoms with Gasteiger partial charge in [0.05, 0.1) is 11.2 Å². The second-order valence-electron chi connectivity index (χ2n) is 7.94. The monoisotopic (exact) mass is 424 g/mol. The molecule has 5 rings (SSSR count). The lowest BCUT2D eigenvalue weighted by atomic mass is 9.90. The Labute approximate surface area is 184 Å². The van der Waals surface area contributed by atoms with Crippen LogP contribution in [0.2, 0.25) is 0 Å². The van der Waals surface area contributed by atoms with E-state index in [4.69, 9.17) is 0 Å². The van der Waals surface area contributed by atoms with Gasteiger partial charge in [0.1, 0.15) is 12.1 Å². The van der Waals surface area contributed by atoms with Crippen molar-refractivity contribution in [1.82, 2.24) is 15.2 Å². The molecule has 1 aliphatic heterocycles. The number of urea groups is 1. The molecule has 0 spiro atoms. The maximum absolute atomic E-state index is 13.2. The van der Waals surface area contributed by atoms with Gasteiger partial charge in [-0.2, -0.15) is 0 Å². The third-order valence-electron chi connectivity index (χ3n) is 5.81. The largest absolute Gasteiger partial charge is 0.325 e.